The second-order valence-corrected chi connectivity index (χ2v) is 9.13. The van der Waals surface area contributed by atoms with Gasteiger partial charge in [-0.2, -0.15) is 0 Å². The predicted octanol–water partition coefficient (Wildman–Crippen LogP) is 4.91. The van der Waals surface area contributed by atoms with Gasteiger partial charge in [0.2, 0.25) is 0 Å². The lowest BCUT2D eigenvalue weighted by Gasteiger charge is -2.24. The van der Waals surface area contributed by atoms with Gasteiger partial charge < -0.3 is 19.3 Å². The van der Waals surface area contributed by atoms with Crippen LogP contribution < -0.4 is 9.64 Å². The number of aliphatic imine (C=N–C) groups is 1. The fourth-order valence-electron chi connectivity index (χ4n) is 4.23. The lowest BCUT2D eigenvalue weighted by atomic mass is 9.89. The zero-order chi connectivity index (χ0) is 22.8. The molecule has 7 heteroatoms. The van der Waals surface area contributed by atoms with Crippen molar-refractivity contribution < 1.29 is 9.47 Å². The van der Waals surface area contributed by atoms with Gasteiger partial charge in [-0.3, -0.25) is 0 Å². The zero-order valence-electron chi connectivity index (χ0n) is 19.4. The van der Waals surface area contributed by atoms with Gasteiger partial charge in [0.1, 0.15) is 17.3 Å². The number of para-hydroxylation sites is 1. The summed E-state index contributed by atoms with van der Waals surface area (Å²) < 4.78 is 11.9. The molecule has 3 aromatic rings. The highest BCUT2D eigenvalue weighted by atomic mass is 16.5. The van der Waals surface area contributed by atoms with E-state index in [-0.39, 0.29) is 5.41 Å². The minimum absolute atomic E-state index is 0.0540. The van der Waals surface area contributed by atoms with Crippen LogP contribution >= 0.6 is 0 Å². The van der Waals surface area contributed by atoms with Crippen LogP contribution in [-0.4, -0.2) is 47.6 Å². The van der Waals surface area contributed by atoms with Gasteiger partial charge in [-0.15, -0.1) is 0 Å². The summed E-state index contributed by atoms with van der Waals surface area (Å²) in [6, 6.07) is 18.6. The highest BCUT2D eigenvalue weighted by Crippen LogP contribution is 2.43. The molecule has 170 valence electrons. The maximum Gasteiger partial charge on any atom is 0.287 e. The number of aromatic nitrogens is 2. The minimum atomic E-state index is -0.0540. The van der Waals surface area contributed by atoms with Crippen LogP contribution in [0.25, 0.3) is 0 Å². The van der Waals surface area contributed by atoms with Gasteiger partial charge in [0, 0.05) is 49.5 Å². The Balaban J connectivity index is 1.35. The molecule has 0 fully saturated rings. The van der Waals surface area contributed by atoms with Crippen LogP contribution in [-0.2, 0) is 16.8 Å². The van der Waals surface area contributed by atoms with E-state index >= 15 is 0 Å². The molecule has 5 rings (SSSR count). The molecule has 0 bridgehead atoms. The van der Waals surface area contributed by atoms with Gasteiger partial charge in [-0.05, 0) is 42.8 Å². The third-order valence-electron chi connectivity index (χ3n) is 6.04. The van der Waals surface area contributed by atoms with Crippen molar-refractivity contribution in [2.75, 3.05) is 31.6 Å². The number of hydrogen-bond acceptors (Lipinski definition) is 7. The Morgan fingerprint density at radius 1 is 1.00 bits per heavy atom. The number of rotatable bonds is 5. The van der Waals surface area contributed by atoms with E-state index in [4.69, 9.17) is 14.5 Å². The summed E-state index contributed by atoms with van der Waals surface area (Å²) in [6.07, 6.45) is 3.00. The highest BCUT2D eigenvalue weighted by molar-refractivity contribution is 5.74. The van der Waals surface area contributed by atoms with E-state index < -0.39 is 0 Å². The summed E-state index contributed by atoms with van der Waals surface area (Å²) in [4.78, 5) is 18.2. The Morgan fingerprint density at radius 2 is 1.76 bits per heavy atom. The molecule has 33 heavy (non-hydrogen) atoms. The summed E-state index contributed by atoms with van der Waals surface area (Å²) in [7, 11) is 2.00. The molecule has 0 saturated carbocycles. The van der Waals surface area contributed by atoms with Gasteiger partial charge in [0.25, 0.3) is 6.02 Å². The zero-order valence-corrected chi connectivity index (χ0v) is 19.4. The first-order valence-electron chi connectivity index (χ1n) is 11.3. The third-order valence-corrected chi connectivity index (χ3v) is 6.04. The van der Waals surface area contributed by atoms with Crippen molar-refractivity contribution >= 4 is 17.5 Å². The first-order chi connectivity index (χ1) is 16.0. The Bertz CT molecular complexity index is 1150. The third kappa shape index (κ3) is 4.49. The molecule has 1 aromatic heterocycles. The quantitative estimate of drug-likeness (QED) is 0.559. The molecule has 0 atom stereocenters. The molecule has 0 radical (unpaired) electrons. The summed E-state index contributed by atoms with van der Waals surface area (Å²) in [5.41, 5.74) is 2.16. The van der Waals surface area contributed by atoms with Gasteiger partial charge in [-0.1, -0.05) is 32.0 Å². The van der Waals surface area contributed by atoms with Crippen molar-refractivity contribution in [2.45, 2.75) is 32.3 Å². The van der Waals surface area contributed by atoms with Crippen molar-refractivity contribution in [2.24, 2.45) is 4.99 Å². The van der Waals surface area contributed by atoms with E-state index in [1.165, 1.54) is 0 Å². The SMILES string of the molecule is CN1CCCN=C1OCc1ncc2c(n1)N(c1ccc(Oc3ccccc3)cc1)CC2(C)C. The summed E-state index contributed by atoms with van der Waals surface area (Å²) in [6.45, 7) is 7.34. The average Bonchev–Trinajstić information content (AvgIpc) is 3.10. The van der Waals surface area contributed by atoms with E-state index in [0.717, 1.165) is 54.6 Å². The largest absolute Gasteiger partial charge is 0.457 e. The first-order valence-corrected chi connectivity index (χ1v) is 11.3. The monoisotopic (exact) mass is 443 g/mol. The van der Waals surface area contributed by atoms with Crippen LogP contribution in [0.1, 0.15) is 31.7 Å². The Morgan fingerprint density at radius 3 is 2.52 bits per heavy atom. The summed E-state index contributed by atoms with van der Waals surface area (Å²) >= 11 is 0. The smallest absolute Gasteiger partial charge is 0.287 e. The summed E-state index contributed by atoms with van der Waals surface area (Å²) in [5.74, 6) is 3.22. The molecule has 0 unspecified atom stereocenters. The Kier molecular flexibility index (Phi) is 5.62. The molecule has 2 aliphatic rings. The molecule has 2 aromatic carbocycles. The number of fused-ring (bicyclic) bond motifs is 1. The fraction of sp³-hybridized carbons (Fsp3) is 0.346. The van der Waals surface area contributed by atoms with Crippen molar-refractivity contribution in [3.8, 4) is 11.5 Å². The molecule has 7 nitrogen and oxygen atoms in total. The number of nitrogens with zero attached hydrogens (tertiary/aromatic N) is 5. The van der Waals surface area contributed by atoms with Crippen molar-refractivity contribution in [1.29, 1.82) is 0 Å². The minimum Gasteiger partial charge on any atom is -0.457 e. The number of anilines is 2. The van der Waals surface area contributed by atoms with E-state index in [1.807, 2.05) is 60.6 Å². The molecule has 0 N–H and O–H groups in total. The van der Waals surface area contributed by atoms with Crippen LogP contribution in [0.2, 0.25) is 0 Å². The number of ether oxygens (including phenoxy) is 2. The van der Waals surface area contributed by atoms with E-state index in [9.17, 15) is 0 Å². The number of hydrogen-bond donors (Lipinski definition) is 0. The number of benzene rings is 2. The Hall–Kier alpha value is -3.61. The molecule has 0 saturated heterocycles. The Labute approximate surface area is 194 Å². The lowest BCUT2D eigenvalue weighted by molar-refractivity contribution is 0.218. The maximum atomic E-state index is 5.95. The van der Waals surface area contributed by atoms with E-state index in [2.05, 4.69) is 40.9 Å². The average molecular weight is 444 g/mol. The van der Waals surface area contributed by atoms with Crippen molar-refractivity contribution in [3.05, 3.63) is 72.2 Å². The molecular formula is C26H29N5O2. The molecule has 0 amide bonds. The second-order valence-electron chi connectivity index (χ2n) is 9.13. The fourth-order valence-corrected chi connectivity index (χ4v) is 4.23. The molecule has 0 spiro atoms. The van der Waals surface area contributed by atoms with Crippen LogP contribution in [0, 0.1) is 0 Å². The van der Waals surface area contributed by atoms with E-state index in [1.54, 1.807) is 0 Å². The molecule has 2 aliphatic heterocycles. The predicted molar refractivity (Wildman–Crippen MR) is 129 cm³/mol. The first kappa shape index (κ1) is 21.2. The highest BCUT2D eigenvalue weighted by Gasteiger charge is 2.37. The standard InChI is InChI=1S/C26H29N5O2/c1-26(2)18-31(19-10-12-21(13-11-19)33-20-8-5-4-6-9-20)24-22(26)16-28-23(29-24)17-32-25-27-14-7-15-30(25)3/h4-6,8-13,16H,7,14-15,17-18H2,1-3H3. The summed E-state index contributed by atoms with van der Waals surface area (Å²) in [5, 5.41) is 0. The maximum absolute atomic E-state index is 5.95. The van der Waals surface area contributed by atoms with Crippen LogP contribution in [0.4, 0.5) is 11.5 Å². The van der Waals surface area contributed by atoms with Crippen LogP contribution in [0.15, 0.2) is 65.8 Å². The molecular weight excluding hydrogens is 414 g/mol. The van der Waals surface area contributed by atoms with E-state index in [0.29, 0.717) is 18.5 Å². The topological polar surface area (TPSA) is 63.1 Å². The lowest BCUT2D eigenvalue weighted by Crippen LogP contribution is -2.33. The van der Waals surface area contributed by atoms with Crippen LogP contribution in [0.3, 0.4) is 0 Å². The van der Waals surface area contributed by atoms with Gasteiger partial charge >= 0.3 is 0 Å². The normalized spacial score (nSPS) is 16.9. The van der Waals surface area contributed by atoms with Crippen molar-refractivity contribution in [1.82, 2.24) is 14.9 Å². The molecule has 3 heterocycles. The molecule has 0 aliphatic carbocycles. The second kappa shape index (κ2) is 8.73. The van der Waals surface area contributed by atoms with Gasteiger partial charge in [0.15, 0.2) is 12.4 Å². The number of amidine groups is 1. The van der Waals surface area contributed by atoms with Gasteiger partial charge in [0.05, 0.1) is 0 Å². The van der Waals surface area contributed by atoms with Crippen molar-refractivity contribution in [3.63, 3.8) is 0 Å². The van der Waals surface area contributed by atoms with Crippen LogP contribution in [0.5, 0.6) is 11.5 Å². The van der Waals surface area contributed by atoms with Gasteiger partial charge in [-0.25, -0.2) is 15.0 Å².